The van der Waals surface area contributed by atoms with Crippen LogP contribution in [0.15, 0.2) is 212 Å². The molecular weight excluding hydrogens is 732 g/mol. The van der Waals surface area contributed by atoms with Gasteiger partial charge in [-0.25, -0.2) is 4.39 Å². The predicted octanol–water partition coefficient (Wildman–Crippen LogP) is 16.3. The summed E-state index contributed by atoms with van der Waals surface area (Å²) in [6.07, 6.45) is 0. The minimum absolute atomic E-state index is 0.261. The monoisotopic (exact) mass is 778 g/mol. The van der Waals surface area contributed by atoms with Crippen LogP contribution in [0, 0.1) is 5.82 Å². The lowest BCUT2D eigenvalue weighted by Crippen LogP contribution is -2.42. The third kappa shape index (κ3) is 6.08. The molecule has 9 aromatic rings. The molecule has 2 nitrogen and oxygen atoms in total. The number of rotatable bonds is 4. The number of hydrogen-bond donors (Lipinski definition) is 0. The van der Waals surface area contributed by atoms with Crippen molar-refractivity contribution in [1.82, 2.24) is 0 Å². The number of para-hydroxylation sites is 3. The van der Waals surface area contributed by atoms with Crippen LogP contribution < -0.4 is 9.80 Å². The molecule has 0 atom stereocenters. The van der Waals surface area contributed by atoms with Gasteiger partial charge in [0.1, 0.15) is 5.82 Å². The zero-order valence-electron chi connectivity index (χ0n) is 34.5. The highest BCUT2D eigenvalue weighted by atomic mass is 19.1. The third-order valence-electron chi connectivity index (χ3n) is 11.7. The Balaban J connectivity index is 0.00000112. The van der Waals surface area contributed by atoms with Crippen LogP contribution in [-0.2, 0) is 5.41 Å². The van der Waals surface area contributed by atoms with E-state index in [-0.39, 0.29) is 5.82 Å². The first-order valence-electron chi connectivity index (χ1n) is 21.1. The molecule has 3 heteroatoms. The highest BCUT2D eigenvalue weighted by Crippen LogP contribution is 2.64. The van der Waals surface area contributed by atoms with Crippen LogP contribution in [0.25, 0.3) is 33.0 Å². The second-order valence-electron chi connectivity index (χ2n) is 14.6. The first-order valence-corrected chi connectivity index (χ1v) is 21.1. The number of nitrogens with zero attached hydrogens (tertiary/aromatic N) is 2. The van der Waals surface area contributed by atoms with Gasteiger partial charge in [0, 0.05) is 11.4 Å². The van der Waals surface area contributed by atoms with Gasteiger partial charge in [-0.2, -0.15) is 0 Å². The molecule has 0 saturated heterocycles. The van der Waals surface area contributed by atoms with Crippen LogP contribution in [0.1, 0.15) is 49.9 Å². The van der Waals surface area contributed by atoms with E-state index in [1.165, 1.54) is 27.5 Å². The molecular formula is C57H47FN2. The van der Waals surface area contributed by atoms with E-state index in [1.807, 2.05) is 39.8 Å². The van der Waals surface area contributed by atoms with Crippen LogP contribution in [0.5, 0.6) is 0 Å². The zero-order valence-corrected chi connectivity index (χ0v) is 34.5. The lowest BCUT2D eigenvalue weighted by molar-refractivity contribution is 0.617. The van der Waals surface area contributed by atoms with Gasteiger partial charge in [-0.15, -0.1) is 0 Å². The zero-order chi connectivity index (χ0) is 41.2. The van der Waals surface area contributed by atoms with E-state index in [9.17, 15) is 0 Å². The van der Waals surface area contributed by atoms with Gasteiger partial charge in [-0.1, -0.05) is 179 Å². The van der Waals surface area contributed by atoms with Crippen molar-refractivity contribution in [3.8, 4) is 22.3 Å². The van der Waals surface area contributed by atoms with Gasteiger partial charge < -0.3 is 9.80 Å². The van der Waals surface area contributed by atoms with Gasteiger partial charge in [-0.05, 0) is 116 Å². The second-order valence-corrected chi connectivity index (χ2v) is 14.6. The van der Waals surface area contributed by atoms with Crippen LogP contribution in [0.4, 0.5) is 38.5 Å². The summed E-state index contributed by atoms with van der Waals surface area (Å²) in [6, 6.07) is 74.4. The summed E-state index contributed by atoms with van der Waals surface area (Å²) in [7, 11) is 0. The molecule has 2 heterocycles. The van der Waals surface area contributed by atoms with Crippen LogP contribution >= 0.6 is 0 Å². The molecule has 2 aliphatic heterocycles. The Morgan fingerprint density at radius 3 is 1.35 bits per heavy atom. The SMILES string of the molecule is CC.CC.Fc1ccc2c(c1)C1(c3ccccc3N(c3ccc(-c4ccccc4)cc3)c3ccccc31)c1ccccc1N2c1ccc(-c2cccc3ccccc23)cc1. The number of hydrogen-bond acceptors (Lipinski definition) is 2. The van der Waals surface area contributed by atoms with Crippen molar-refractivity contribution >= 4 is 44.9 Å². The second kappa shape index (κ2) is 16.2. The van der Waals surface area contributed by atoms with Gasteiger partial charge in [0.25, 0.3) is 0 Å². The maximum atomic E-state index is 15.9. The summed E-state index contributed by atoms with van der Waals surface area (Å²) >= 11 is 0. The third-order valence-corrected chi connectivity index (χ3v) is 11.7. The minimum atomic E-state index is -0.804. The molecule has 0 amide bonds. The van der Waals surface area contributed by atoms with Gasteiger partial charge in [-0.3, -0.25) is 0 Å². The average molecular weight is 779 g/mol. The van der Waals surface area contributed by atoms with Crippen molar-refractivity contribution in [2.24, 2.45) is 0 Å². The molecule has 2 aliphatic rings. The molecule has 11 rings (SSSR count). The molecule has 0 aliphatic carbocycles. The van der Waals surface area contributed by atoms with Crippen molar-refractivity contribution in [2.75, 3.05) is 9.80 Å². The summed E-state index contributed by atoms with van der Waals surface area (Å²) in [5.74, 6) is -0.261. The molecule has 292 valence electrons. The average Bonchev–Trinajstić information content (AvgIpc) is 3.33. The molecule has 0 aromatic heterocycles. The minimum Gasteiger partial charge on any atom is -0.310 e. The number of halogens is 1. The van der Waals surface area contributed by atoms with E-state index in [0.717, 1.165) is 61.9 Å². The smallest absolute Gasteiger partial charge is 0.123 e. The van der Waals surface area contributed by atoms with E-state index >= 15 is 4.39 Å². The molecule has 0 N–H and O–H groups in total. The first-order chi connectivity index (χ1) is 29.7. The molecule has 1 spiro atoms. The Kier molecular flexibility index (Phi) is 10.3. The van der Waals surface area contributed by atoms with E-state index in [4.69, 9.17) is 0 Å². The van der Waals surface area contributed by atoms with Crippen LogP contribution in [0.2, 0.25) is 0 Å². The van der Waals surface area contributed by atoms with Gasteiger partial charge in [0.05, 0.1) is 28.2 Å². The molecule has 0 unspecified atom stereocenters. The van der Waals surface area contributed by atoms with Gasteiger partial charge >= 0.3 is 0 Å². The van der Waals surface area contributed by atoms with E-state index in [0.29, 0.717) is 0 Å². The Morgan fingerprint density at radius 1 is 0.350 bits per heavy atom. The van der Waals surface area contributed by atoms with Crippen LogP contribution in [0.3, 0.4) is 0 Å². The van der Waals surface area contributed by atoms with Crippen molar-refractivity contribution in [3.05, 3.63) is 240 Å². The Hall–Kier alpha value is -7.23. The summed E-state index contributed by atoms with van der Waals surface area (Å²) < 4.78 is 15.9. The van der Waals surface area contributed by atoms with Crippen molar-refractivity contribution in [1.29, 1.82) is 0 Å². The van der Waals surface area contributed by atoms with Crippen molar-refractivity contribution in [2.45, 2.75) is 33.1 Å². The highest BCUT2D eigenvalue weighted by Gasteiger charge is 2.51. The van der Waals surface area contributed by atoms with Crippen LogP contribution in [-0.4, -0.2) is 0 Å². The van der Waals surface area contributed by atoms with Gasteiger partial charge in [0.2, 0.25) is 0 Å². The number of fused-ring (bicyclic) bond motifs is 9. The molecule has 0 radical (unpaired) electrons. The fraction of sp³-hybridized carbons (Fsp3) is 0.0877. The Labute approximate surface area is 353 Å². The lowest BCUT2D eigenvalue weighted by Gasteiger charge is -2.51. The van der Waals surface area contributed by atoms with Crippen molar-refractivity contribution in [3.63, 3.8) is 0 Å². The topological polar surface area (TPSA) is 6.48 Å². The molecule has 9 aromatic carbocycles. The first kappa shape index (κ1) is 38.3. The van der Waals surface area contributed by atoms with E-state index in [2.05, 4.69) is 198 Å². The molecule has 0 saturated carbocycles. The fourth-order valence-corrected chi connectivity index (χ4v) is 9.35. The molecule has 0 bridgehead atoms. The maximum Gasteiger partial charge on any atom is 0.123 e. The number of anilines is 6. The highest BCUT2D eigenvalue weighted by molar-refractivity contribution is 5.99. The predicted molar refractivity (Wildman–Crippen MR) is 252 cm³/mol. The normalized spacial score (nSPS) is 12.8. The lowest BCUT2D eigenvalue weighted by atomic mass is 9.60. The summed E-state index contributed by atoms with van der Waals surface area (Å²) in [5, 5.41) is 2.45. The molecule has 60 heavy (non-hydrogen) atoms. The maximum absolute atomic E-state index is 15.9. The summed E-state index contributed by atoms with van der Waals surface area (Å²) in [5.41, 5.74) is 14.4. The fourth-order valence-electron chi connectivity index (χ4n) is 9.35. The van der Waals surface area contributed by atoms with E-state index < -0.39 is 5.41 Å². The quantitative estimate of drug-likeness (QED) is 0.176. The number of benzene rings is 9. The Morgan fingerprint density at radius 2 is 0.783 bits per heavy atom. The van der Waals surface area contributed by atoms with Gasteiger partial charge in [0.15, 0.2) is 0 Å². The largest absolute Gasteiger partial charge is 0.310 e. The summed E-state index contributed by atoms with van der Waals surface area (Å²) in [6.45, 7) is 8.00. The summed E-state index contributed by atoms with van der Waals surface area (Å²) in [4.78, 5) is 4.67. The van der Waals surface area contributed by atoms with Crippen molar-refractivity contribution < 1.29 is 4.39 Å². The molecule has 0 fully saturated rings. The Bertz CT molecular complexity index is 2880. The van der Waals surface area contributed by atoms with E-state index in [1.54, 1.807) is 12.1 Å². The standard InChI is InChI=1S/C53H35FN2.2C2H6/c54-40-29-34-52-48(35-40)53(47-21-8-11-24-51(47)56(52)42-32-27-39(28-33-42)44-18-12-16-38-15-4-5-17-43(38)44)45-19-6-9-22-49(45)55(50-23-10-7-20-46(50)53)41-30-25-37(26-31-41)36-13-2-1-3-14-36;2*1-2/h1-35H;2*1-2H3.